The van der Waals surface area contributed by atoms with Crippen LogP contribution in [0.4, 0.5) is 32.0 Å². The number of aliphatic hydroxyl groups is 1. The second-order valence-electron chi connectivity index (χ2n) is 10.3. The zero-order chi connectivity index (χ0) is 30.3. The number of aromatic nitrogens is 4. The summed E-state index contributed by atoms with van der Waals surface area (Å²) in [5.41, 5.74) is -1.03. The molecule has 0 spiro atoms. The van der Waals surface area contributed by atoms with E-state index < -0.39 is 64.7 Å². The number of carbonyl (C=O) groups is 1. The van der Waals surface area contributed by atoms with Gasteiger partial charge in [0.05, 0.1) is 11.3 Å². The van der Waals surface area contributed by atoms with Crippen molar-refractivity contribution in [2.24, 2.45) is 0 Å². The fourth-order valence-corrected chi connectivity index (χ4v) is 4.69. The van der Waals surface area contributed by atoms with Crippen LogP contribution in [0.3, 0.4) is 0 Å². The highest BCUT2D eigenvalue weighted by Gasteiger charge is 2.58. The molecule has 226 valence electrons. The number of amides is 1. The van der Waals surface area contributed by atoms with Gasteiger partial charge in [-0.05, 0) is 56.2 Å². The smallest absolute Gasteiger partial charge is 0.426 e. The summed E-state index contributed by atoms with van der Waals surface area (Å²) in [4.78, 5) is 22.8. The lowest BCUT2D eigenvalue weighted by atomic mass is 9.95. The van der Waals surface area contributed by atoms with Crippen molar-refractivity contribution in [3.05, 3.63) is 47.1 Å². The monoisotopic (exact) mass is 600 g/mol. The summed E-state index contributed by atoms with van der Waals surface area (Å²) in [5, 5.41) is 17.3. The lowest BCUT2D eigenvalue weighted by Gasteiger charge is -2.28. The third-order valence-corrected chi connectivity index (χ3v) is 7.28. The minimum absolute atomic E-state index is 0.0105. The predicted octanol–water partition coefficient (Wildman–Crippen LogP) is 5.03. The molecule has 1 aliphatic heterocycles. The number of carbonyl (C=O) groups excluding carboxylic acids is 1. The lowest BCUT2D eigenvalue weighted by molar-refractivity contribution is -0.277. The normalized spacial score (nSPS) is 20.6. The number of anilines is 1. The molecule has 1 aliphatic carbocycles. The van der Waals surface area contributed by atoms with Gasteiger partial charge in [-0.1, -0.05) is 6.42 Å². The second kappa shape index (κ2) is 11.0. The number of rotatable bonds is 4. The van der Waals surface area contributed by atoms with Gasteiger partial charge in [0.15, 0.2) is 5.69 Å². The van der Waals surface area contributed by atoms with Gasteiger partial charge in [-0.25, -0.2) is 9.97 Å². The molecule has 0 saturated heterocycles. The molecule has 42 heavy (non-hydrogen) atoms. The molecule has 10 nitrogen and oxygen atoms in total. The first-order valence-corrected chi connectivity index (χ1v) is 13.2. The third-order valence-electron chi connectivity index (χ3n) is 7.28. The Labute approximate surface area is 234 Å². The Balaban J connectivity index is 1.57. The van der Waals surface area contributed by atoms with E-state index in [1.807, 2.05) is 0 Å². The predicted molar refractivity (Wildman–Crippen MR) is 133 cm³/mol. The van der Waals surface area contributed by atoms with Crippen molar-refractivity contribution in [2.45, 2.75) is 75.5 Å². The van der Waals surface area contributed by atoms with Crippen LogP contribution in [0.15, 0.2) is 28.8 Å². The summed E-state index contributed by atoms with van der Waals surface area (Å²) in [6.07, 6.45) is -6.87. The summed E-state index contributed by atoms with van der Waals surface area (Å²) in [6, 6.07) is 3.59. The zero-order valence-electron chi connectivity index (χ0n) is 22.0. The SMILES string of the molecule is Nc1cc(C(F)(F)F)c2nc1-c1nnc(o1)[C@@](O)(C(F)(F)F)CCCCCN(Cc1ccnc(OC3CCC3)c1)C2=O. The molecule has 1 atom stereocenters. The highest BCUT2D eigenvalue weighted by molar-refractivity contribution is 5.95. The molecule has 1 fully saturated rings. The van der Waals surface area contributed by atoms with Crippen molar-refractivity contribution in [1.82, 2.24) is 25.1 Å². The molecule has 0 radical (unpaired) electrons. The fraction of sp³-hybridized carbons (Fsp3) is 0.500. The summed E-state index contributed by atoms with van der Waals surface area (Å²) in [7, 11) is 0. The molecule has 3 N–H and O–H groups in total. The Hall–Kier alpha value is -3.95. The van der Waals surface area contributed by atoms with Gasteiger partial charge in [0.1, 0.15) is 11.8 Å². The Bertz CT molecular complexity index is 1460. The molecule has 0 aromatic carbocycles. The van der Waals surface area contributed by atoms with Crippen molar-refractivity contribution in [1.29, 1.82) is 0 Å². The van der Waals surface area contributed by atoms with Crippen LogP contribution < -0.4 is 10.5 Å². The molecule has 16 heteroatoms. The minimum atomic E-state index is -5.21. The average molecular weight is 601 g/mol. The van der Waals surface area contributed by atoms with Crippen molar-refractivity contribution in [2.75, 3.05) is 12.3 Å². The van der Waals surface area contributed by atoms with Gasteiger partial charge in [-0.3, -0.25) is 4.79 Å². The van der Waals surface area contributed by atoms with Gasteiger partial charge in [0.2, 0.25) is 11.5 Å². The molecule has 4 heterocycles. The van der Waals surface area contributed by atoms with E-state index in [-0.39, 0.29) is 38.5 Å². The number of hydrogen-bond acceptors (Lipinski definition) is 9. The van der Waals surface area contributed by atoms with E-state index in [4.69, 9.17) is 14.9 Å². The van der Waals surface area contributed by atoms with Crippen LogP contribution in [-0.2, 0) is 18.3 Å². The summed E-state index contributed by atoms with van der Waals surface area (Å²) >= 11 is 0. The Kier molecular flexibility index (Phi) is 7.76. The molecule has 1 amide bonds. The number of hydrogen-bond donors (Lipinski definition) is 2. The number of nitrogens with zero attached hydrogens (tertiary/aromatic N) is 5. The second-order valence-corrected chi connectivity index (χ2v) is 10.3. The third kappa shape index (κ3) is 5.84. The minimum Gasteiger partial charge on any atom is -0.474 e. The number of pyridine rings is 2. The fourth-order valence-electron chi connectivity index (χ4n) is 4.69. The average Bonchev–Trinajstić information content (AvgIpc) is 3.38. The molecule has 1 saturated carbocycles. The van der Waals surface area contributed by atoms with Gasteiger partial charge in [0, 0.05) is 25.4 Å². The number of halogens is 6. The maximum atomic E-state index is 14.1. The van der Waals surface area contributed by atoms with Crippen LogP contribution in [0.1, 0.15) is 72.5 Å². The Morgan fingerprint density at radius 2 is 1.83 bits per heavy atom. The Morgan fingerprint density at radius 3 is 2.50 bits per heavy atom. The van der Waals surface area contributed by atoms with Crippen LogP contribution in [0, 0.1) is 0 Å². The van der Waals surface area contributed by atoms with Crippen LogP contribution in [0.5, 0.6) is 5.88 Å². The maximum Gasteiger partial charge on any atom is 0.426 e. The Morgan fingerprint density at radius 1 is 1.07 bits per heavy atom. The first-order chi connectivity index (χ1) is 19.8. The van der Waals surface area contributed by atoms with Crippen LogP contribution >= 0.6 is 0 Å². The molecule has 3 aromatic rings. The van der Waals surface area contributed by atoms with Gasteiger partial charge in [0.25, 0.3) is 17.7 Å². The highest BCUT2D eigenvalue weighted by atomic mass is 19.4. The van der Waals surface area contributed by atoms with Crippen LogP contribution in [-0.4, -0.2) is 54.9 Å². The van der Waals surface area contributed by atoms with Gasteiger partial charge < -0.3 is 24.9 Å². The summed E-state index contributed by atoms with van der Waals surface area (Å²) < 4.78 is 94.9. The van der Waals surface area contributed by atoms with Crippen molar-refractivity contribution in [3.63, 3.8) is 0 Å². The van der Waals surface area contributed by atoms with Crippen molar-refractivity contribution < 1.29 is 45.4 Å². The summed E-state index contributed by atoms with van der Waals surface area (Å²) in [6.45, 7) is -0.292. The van der Waals surface area contributed by atoms with Crippen molar-refractivity contribution >= 4 is 11.6 Å². The number of fused-ring (bicyclic) bond motifs is 5. The van der Waals surface area contributed by atoms with Gasteiger partial charge in [-0.2, -0.15) is 26.3 Å². The highest BCUT2D eigenvalue weighted by Crippen LogP contribution is 2.44. The van der Waals surface area contributed by atoms with E-state index >= 15 is 0 Å². The van der Waals surface area contributed by atoms with Crippen LogP contribution in [0.2, 0.25) is 0 Å². The lowest BCUT2D eigenvalue weighted by Crippen LogP contribution is -2.42. The first kappa shape index (κ1) is 29.5. The van der Waals surface area contributed by atoms with E-state index in [2.05, 4.69) is 20.2 Å². The van der Waals surface area contributed by atoms with E-state index in [0.29, 0.717) is 17.5 Å². The van der Waals surface area contributed by atoms with E-state index in [0.717, 1.165) is 24.2 Å². The number of nitrogens with two attached hydrogens (primary N) is 1. The molecular formula is C26H26F6N6O4. The van der Waals surface area contributed by atoms with E-state index in [1.54, 1.807) is 12.1 Å². The molecule has 2 aliphatic rings. The standard InChI is InChI=1S/C26H26F6N6O4/c27-25(28,29)16-12-17(33)20-21-36-37-23(42-21)24(40,26(30,31)32)8-2-1-3-10-38(22(39)19(16)35-20)13-14-7-9-34-18(11-14)41-15-5-4-6-15/h7,9,11-12,15,40H,1-6,8,10,13,33H2/t24-/m1/s1. The van der Waals surface area contributed by atoms with E-state index in [9.17, 15) is 36.2 Å². The molecule has 3 aromatic heterocycles. The molecular weight excluding hydrogens is 574 g/mol. The van der Waals surface area contributed by atoms with Crippen molar-refractivity contribution in [3.8, 4) is 17.5 Å². The zero-order valence-corrected chi connectivity index (χ0v) is 22.0. The maximum absolute atomic E-state index is 14.1. The number of nitrogen functional groups attached to an aromatic ring is 1. The molecule has 5 rings (SSSR count). The first-order valence-electron chi connectivity index (χ1n) is 13.2. The summed E-state index contributed by atoms with van der Waals surface area (Å²) in [5.74, 6) is -2.79. The number of ether oxygens (including phenoxy) is 1. The van der Waals surface area contributed by atoms with Gasteiger partial charge >= 0.3 is 12.4 Å². The topological polar surface area (TPSA) is 140 Å². The largest absolute Gasteiger partial charge is 0.474 e. The number of alkyl halides is 6. The molecule has 0 unspecified atom stereocenters. The van der Waals surface area contributed by atoms with Crippen LogP contribution in [0.25, 0.3) is 11.6 Å². The van der Waals surface area contributed by atoms with E-state index in [1.165, 1.54) is 6.20 Å². The quantitative estimate of drug-likeness (QED) is 0.395. The molecule has 4 bridgehead atoms. The van der Waals surface area contributed by atoms with Gasteiger partial charge in [-0.15, -0.1) is 10.2 Å².